The number of carbonyl (C=O) groups excluding carboxylic acids is 1. The van der Waals surface area contributed by atoms with E-state index in [9.17, 15) is 19.5 Å². The lowest BCUT2D eigenvalue weighted by Crippen LogP contribution is -2.36. The molecule has 8 heteroatoms. The predicted octanol–water partition coefficient (Wildman–Crippen LogP) is 1.83. The zero-order valence-electron chi connectivity index (χ0n) is 14.3. The van der Waals surface area contributed by atoms with Gasteiger partial charge < -0.3 is 10.0 Å². The molecule has 7 nitrogen and oxygen atoms in total. The van der Waals surface area contributed by atoms with E-state index in [1.54, 1.807) is 4.90 Å². The van der Waals surface area contributed by atoms with E-state index in [0.717, 1.165) is 17.7 Å². The van der Waals surface area contributed by atoms with E-state index in [2.05, 4.69) is 4.98 Å². The van der Waals surface area contributed by atoms with Crippen LogP contribution in [0.15, 0.2) is 11.1 Å². The molecule has 1 aliphatic carbocycles. The number of rotatable bonds is 5. The first kappa shape index (κ1) is 17.6. The van der Waals surface area contributed by atoms with Crippen LogP contribution >= 0.6 is 11.3 Å². The maximum absolute atomic E-state index is 12.9. The number of amides is 1. The second kappa shape index (κ2) is 6.95. The van der Waals surface area contributed by atoms with Crippen molar-refractivity contribution in [2.45, 2.75) is 45.6 Å². The zero-order chi connectivity index (χ0) is 18.1. The molecule has 134 valence electrons. The molecule has 1 unspecified atom stereocenters. The molecule has 0 saturated heterocycles. The highest BCUT2D eigenvalue weighted by Gasteiger charge is 2.32. The molecule has 0 spiro atoms. The number of likely N-dealkylation sites (N-methyl/N-ethyl adjacent to an activating group) is 1. The first-order valence-electron chi connectivity index (χ1n) is 8.49. The average Bonchev–Trinajstić information content (AvgIpc) is 2.97. The van der Waals surface area contributed by atoms with Gasteiger partial charge in [-0.1, -0.05) is 0 Å². The van der Waals surface area contributed by atoms with Gasteiger partial charge in [0.2, 0.25) is 5.91 Å². The number of thiophene rings is 1. The van der Waals surface area contributed by atoms with Crippen molar-refractivity contribution < 1.29 is 14.7 Å². The Labute approximate surface area is 148 Å². The lowest BCUT2D eigenvalue weighted by atomic mass is 9.86. The van der Waals surface area contributed by atoms with E-state index < -0.39 is 11.9 Å². The van der Waals surface area contributed by atoms with Crippen LogP contribution in [-0.2, 0) is 22.6 Å². The number of aromatic nitrogens is 2. The average molecular weight is 363 g/mol. The van der Waals surface area contributed by atoms with Crippen LogP contribution < -0.4 is 5.56 Å². The van der Waals surface area contributed by atoms with E-state index in [0.29, 0.717) is 35.3 Å². The van der Waals surface area contributed by atoms with Crippen molar-refractivity contribution >= 4 is 33.4 Å². The van der Waals surface area contributed by atoms with Crippen LogP contribution in [0.5, 0.6) is 0 Å². The van der Waals surface area contributed by atoms with Gasteiger partial charge in [0.1, 0.15) is 11.4 Å². The fraction of sp³-hybridized carbons (Fsp3) is 0.529. The number of nitrogens with zero attached hydrogens (tertiary/aromatic N) is 3. The van der Waals surface area contributed by atoms with E-state index in [1.807, 2.05) is 13.8 Å². The van der Waals surface area contributed by atoms with Crippen LogP contribution in [0.25, 0.3) is 10.2 Å². The molecule has 3 rings (SSSR count). The smallest absolute Gasteiger partial charge is 0.311 e. The maximum Gasteiger partial charge on any atom is 0.311 e. The van der Waals surface area contributed by atoms with Crippen molar-refractivity contribution in [1.82, 2.24) is 14.5 Å². The molecular weight excluding hydrogens is 342 g/mol. The third-order valence-corrected chi connectivity index (χ3v) is 5.93. The highest BCUT2D eigenvalue weighted by atomic mass is 32.1. The number of fused-ring (bicyclic) bond motifs is 3. The fourth-order valence-electron chi connectivity index (χ4n) is 3.44. The number of hydrogen-bond acceptors (Lipinski definition) is 5. The number of aryl methyl sites for hydroxylation is 1. The highest BCUT2D eigenvalue weighted by molar-refractivity contribution is 7.18. The topological polar surface area (TPSA) is 92.5 Å². The Morgan fingerprint density at radius 2 is 2.12 bits per heavy atom. The molecule has 0 fully saturated rings. The first-order valence-corrected chi connectivity index (χ1v) is 9.30. The number of hydrogen-bond donors (Lipinski definition) is 1. The largest absolute Gasteiger partial charge is 0.481 e. The van der Waals surface area contributed by atoms with Gasteiger partial charge in [-0.05, 0) is 38.7 Å². The van der Waals surface area contributed by atoms with E-state index >= 15 is 0 Å². The zero-order valence-corrected chi connectivity index (χ0v) is 15.1. The van der Waals surface area contributed by atoms with Crippen LogP contribution in [-0.4, -0.2) is 44.5 Å². The standard InChI is InChI=1S/C17H21N3O4S/c1-3-19(4-2)12(21)8-20-9-18-15-14(16(20)22)13-10(17(23)24)6-5-7-11(13)25-15/h9-10H,3-8H2,1-2H3,(H,23,24). The summed E-state index contributed by atoms with van der Waals surface area (Å²) in [6.45, 7) is 4.85. The van der Waals surface area contributed by atoms with Crippen LogP contribution in [0.2, 0.25) is 0 Å². The van der Waals surface area contributed by atoms with Crippen LogP contribution in [0.1, 0.15) is 43.0 Å². The molecule has 2 aromatic heterocycles. The van der Waals surface area contributed by atoms with Crippen molar-refractivity contribution in [2.75, 3.05) is 13.1 Å². The van der Waals surface area contributed by atoms with E-state index in [-0.39, 0.29) is 18.0 Å². The van der Waals surface area contributed by atoms with Crippen molar-refractivity contribution in [1.29, 1.82) is 0 Å². The number of carboxylic acids is 1. The number of carbonyl (C=O) groups is 2. The normalized spacial score (nSPS) is 16.6. The molecule has 2 aromatic rings. The van der Waals surface area contributed by atoms with Gasteiger partial charge in [0.15, 0.2) is 0 Å². The molecule has 1 aliphatic rings. The molecule has 0 radical (unpaired) electrons. The van der Waals surface area contributed by atoms with Crippen LogP contribution in [0, 0.1) is 0 Å². The van der Waals surface area contributed by atoms with Gasteiger partial charge in [0.25, 0.3) is 5.56 Å². The Morgan fingerprint density at radius 1 is 1.40 bits per heavy atom. The van der Waals surface area contributed by atoms with Gasteiger partial charge in [0.05, 0.1) is 17.6 Å². The Morgan fingerprint density at radius 3 is 2.76 bits per heavy atom. The lowest BCUT2D eigenvalue weighted by Gasteiger charge is -2.20. The summed E-state index contributed by atoms with van der Waals surface area (Å²) >= 11 is 1.39. The second-order valence-electron chi connectivity index (χ2n) is 6.15. The van der Waals surface area contributed by atoms with Crippen molar-refractivity contribution in [2.24, 2.45) is 0 Å². The molecule has 0 aromatic carbocycles. The van der Waals surface area contributed by atoms with Crippen LogP contribution in [0.3, 0.4) is 0 Å². The first-order chi connectivity index (χ1) is 12.0. The summed E-state index contributed by atoms with van der Waals surface area (Å²) in [6, 6.07) is 0. The molecule has 1 N–H and O–H groups in total. The minimum atomic E-state index is -0.908. The summed E-state index contributed by atoms with van der Waals surface area (Å²) in [6.07, 6.45) is 3.49. The molecule has 1 atom stereocenters. The van der Waals surface area contributed by atoms with Crippen molar-refractivity contribution in [3.63, 3.8) is 0 Å². The Hall–Kier alpha value is -2.22. The van der Waals surface area contributed by atoms with E-state index in [1.165, 1.54) is 22.2 Å². The third kappa shape index (κ3) is 3.06. The van der Waals surface area contributed by atoms with Gasteiger partial charge in [-0.15, -0.1) is 11.3 Å². The monoisotopic (exact) mass is 363 g/mol. The van der Waals surface area contributed by atoms with Gasteiger partial charge in [-0.3, -0.25) is 19.0 Å². The van der Waals surface area contributed by atoms with Crippen molar-refractivity contribution in [3.8, 4) is 0 Å². The van der Waals surface area contributed by atoms with Gasteiger partial charge in [0, 0.05) is 18.0 Å². The summed E-state index contributed by atoms with van der Waals surface area (Å²) in [7, 11) is 0. The fourth-order valence-corrected chi connectivity index (χ4v) is 4.67. The SMILES string of the molecule is CCN(CC)C(=O)Cn1cnc2sc3c(c2c1=O)C(C(=O)O)CCC3. The third-order valence-electron chi connectivity index (χ3n) is 4.76. The second-order valence-corrected chi connectivity index (χ2v) is 7.23. The molecule has 1 amide bonds. The number of aliphatic carboxylic acids is 1. The van der Waals surface area contributed by atoms with Gasteiger partial charge >= 0.3 is 5.97 Å². The molecule has 0 aliphatic heterocycles. The Balaban J connectivity index is 2.08. The quantitative estimate of drug-likeness (QED) is 0.875. The molecule has 2 heterocycles. The number of carboxylic acid groups (broad SMARTS) is 1. The summed E-state index contributed by atoms with van der Waals surface area (Å²) in [5.74, 6) is -1.72. The molecule has 25 heavy (non-hydrogen) atoms. The maximum atomic E-state index is 12.9. The summed E-state index contributed by atoms with van der Waals surface area (Å²) in [4.78, 5) is 44.3. The summed E-state index contributed by atoms with van der Waals surface area (Å²) in [5, 5.41) is 9.90. The molecule has 0 saturated carbocycles. The van der Waals surface area contributed by atoms with E-state index in [4.69, 9.17) is 0 Å². The van der Waals surface area contributed by atoms with Gasteiger partial charge in [-0.2, -0.15) is 0 Å². The minimum absolute atomic E-state index is 0.0776. The lowest BCUT2D eigenvalue weighted by molar-refractivity contribution is -0.139. The van der Waals surface area contributed by atoms with Crippen molar-refractivity contribution in [3.05, 3.63) is 27.1 Å². The summed E-state index contributed by atoms with van der Waals surface area (Å²) in [5.41, 5.74) is 0.289. The molecule has 0 bridgehead atoms. The van der Waals surface area contributed by atoms with Crippen LogP contribution in [0.4, 0.5) is 0 Å². The Kier molecular flexibility index (Phi) is 4.89. The minimum Gasteiger partial charge on any atom is -0.481 e. The molecular formula is C17H21N3O4S. The Bertz CT molecular complexity index is 882. The predicted molar refractivity (Wildman–Crippen MR) is 95.1 cm³/mol. The summed E-state index contributed by atoms with van der Waals surface area (Å²) < 4.78 is 1.30. The van der Waals surface area contributed by atoms with Gasteiger partial charge in [-0.25, -0.2) is 4.98 Å². The highest BCUT2D eigenvalue weighted by Crippen LogP contribution is 2.40.